The molecule has 0 bridgehead atoms. The number of nitrogens with one attached hydrogen (secondary N) is 1. The first-order valence-electron chi connectivity index (χ1n) is 12.8. The summed E-state index contributed by atoms with van der Waals surface area (Å²) in [4.78, 5) is 28.6. The van der Waals surface area contributed by atoms with Gasteiger partial charge in [0, 0.05) is 16.6 Å². The fourth-order valence-electron chi connectivity index (χ4n) is 4.04. The van der Waals surface area contributed by atoms with E-state index < -0.39 is 34.1 Å². The molecule has 0 radical (unpaired) electrons. The average molecular weight is 615 g/mol. The summed E-state index contributed by atoms with van der Waals surface area (Å²) < 4.78 is 29.6. The van der Waals surface area contributed by atoms with Gasteiger partial charge in [0.15, 0.2) is 0 Å². The van der Waals surface area contributed by atoms with Gasteiger partial charge in [-0.05, 0) is 81.6 Å². The van der Waals surface area contributed by atoms with E-state index in [0.29, 0.717) is 5.69 Å². The van der Waals surface area contributed by atoms with Crippen LogP contribution in [0.15, 0.2) is 88.2 Å². The largest absolute Gasteiger partial charge is 0.350 e. The molecule has 0 fully saturated rings. The first kappa shape index (κ1) is 30.4. The number of benzene rings is 3. The molecule has 0 heterocycles. The molecule has 0 saturated carbocycles. The molecule has 0 aromatic heterocycles. The zero-order valence-corrected chi connectivity index (χ0v) is 25.4. The van der Waals surface area contributed by atoms with Gasteiger partial charge in [-0.3, -0.25) is 13.9 Å². The van der Waals surface area contributed by atoms with Crippen LogP contribution in [0.5, 0.6) is 0 Å². The Morgan fingerprint density at radius 1 is 0.923 bits per heavy atom. The van der Waals surface area contributed by atoms with Gasteiger partial charge in [0.05, 0.1) is 10.6 Å². The number of halogens is 1. The van der Waals surface area contributed by atoms with Crippen molar-refractivity contribution in [2.45, 2.75) is 64.1 Å². The molecule has 39 heavy (non-hydrogen) atoms. The molecule has 0 spiro atoms. The lowest BCUT2D eigenvalue weighted by Gasteiger charge is -2.33. The van der Waals surface area contributed by atoms with Crippen molar-refractivity contribution in [1.29, 1.82) is 0 Å². The molecule has 7 nitrogen and oxygen atoms in total. The summed E-state index contributed by atoms with van der Waals surface area (Å²) >= 11 is 3.46. The van der Waals surface area contributed by atoms with Gasteiger partial charge in [-0.25, -0.2) is 8.42 Å². The smallest absolute Gasteiger partial charge is 0.264 e. The van der Waals surface area contributed by atoms with Crippen molar-refractivity contribution in [2.24, 2.45) is 0 Å². The first-order chi connectivity index (χ1) is 18.3. The van der Waals surface area contributed by atoms with Crippen LogP contribution in [0.1, 0.15) is 45.7 Å². The third-order valence-corrected chi connectivity index (χ3v) is 8.43. The number of carbonyl (C=O) groups excluding carboxylic acids is 2. The highest BCUT2D eigenvalue weighted by molar-refractivity contribution is 9.10. The quantitative estimate of drug-likeness (QED) is 0.325. The van der Waals surface area contributed by atoms with E-state index in [4.69, 9.17) is 0 Å². The molecule has 3 aromatic rings. The number of sulfonamides is 1. The van der Waals surface area contributed by atoms with Gasteiger partial charge in [-0.2, -0.15) is 0 Å². The van der Waals surface area contributed by atoms with Crippen molar-refractivity contribution in [3.05, 3.63) is 94.5 Å². The number of hydrogen-bond donors (Lipinski definition) is 1. The maximum Gasteiger partial charge on any atom is 0.264 e. The molecule has 0 saturated heterocycles. The summed E-state index contributed by atoms with van der Waals surface area (Å²) in [6, 6.07) is 21.8. The Bertz CT molecular complexity index is 1390. The lowest BCUT2D eigenvalue weighted by Crippen LogP contribution is -2.54. The molecule has 1 atom stereocenters. The third kappa shape index (κ3) is 8.16. The van der Waals surface area contributed by atoms with Crippen molar-refractivity contribution in [3.63, 3.8) is 0 Å². The summed E-state index contributed by atoms with van der Waals surface area (Å²) in [7, 11) is -4.08. The predicted molar refractivity (Wildman–Crippen MR) is 159 cm³/mol. The zero-order chi connectivity index (χ0) is 28.8. The standard InChI is InChI=1S/C30H36BrN3O4S/c1-6-23-15-17-26(18-16-23)34(39(37,38)27-13-8-7-9-14-27)21-28(35)33(20-24-11-10-12-25(31)19-24)22(2)29(36)32-30(3,4)5/h7-19,22H,6,20-21H2,1-5H3,(H,32,36)/t22-/m1/s1. The Hall–Kier alpha value is -3.17. The monoisotopic (exact) mass is 613 g/mol. The molecule has 0 aliphatic carbocycles. The Labute approximate surface area is 240 Å². The van der Waals surface area contributed by atoms with Crippen molar-refractivity contribution >= 4 is 43.5 Å². The lowest BCUT2D eigenvalue weighted by atomic mass is 10.1. The Kier molecular flexibility index (Phi) is 9.96. The van der Waals surface area contributed by atoms with E-state index in [2.05, 4.69) is 21.2 Å². The molecule has 3 aromatic carbocycles. The van der Waals surface area contributed by atoms with Crippen molar-refractivity contribution < 1.29 is 18.0 Å². The second kappa shape index (κ2) is 12.8. The van der Waals surface area contributed by atoms with Crippen molar-refractivity contribution in [1.82, 2.24) is 10.2 Å². The van der Waals surface area contributed by atoms with Crippen LogP contribution in [0.25, 0.3) is 0 Å². The third-order valence-electron chi connectivity index (χ3n) is 6.15. The predicted octanol–water partition coefficient (Wildman–Crippen LogP) is 5.54. The van der Waals surface area contributed by atoms with Gasteiger partial charge in [0.25, 0.3) is 10.0 Å². The Morgan fingerprint density at radius 3 is 2.13 bits per heavy atom. The van der Waals surface area contributed by atoms with E-state index >= 15 is 0 Å². The van der Waals surface area contributed by atoms with Crippen LogP contribution in [-0.4, -0.2) is 43.3 Å². The van der Waals surface area contributed by atoms with Crippen LogP contribution in [-0.2, 0) is 32.6 Å². The SMILES string of the molecule is CCc1ccc(N(CC(=O)N(Cc2cccc(Br)c2)[C@H](C)C(=O)NC(C)(C)C)S(=O)(=O)c2ccccc2)cc1. The summed E-state index contributed by atoms with van der Waals surface area (Å²) in [5, 5.41) is 2.93. The molecular formula is C30H36BrN3O4S. The van der Waals surface area contributed by atoms with Crippen LogP contribution in [0.2, 0.25) is 0 Å². The van der Waals surface area contributed by atoms with E-state index in [9.17, 15) is 18.0 Å². The minimum absolute atomic E-state index is 0.0782. The van der Waals surface area contributed by atoms with Gasteiger partial charge >= 0.3 is 0 Å². The maximum absolute atomic E-state index is 14.0. The molecular weight excluding hydrogens is 578 g/mol. The van der Waals surface area contributed by atoms with E-state index in [1.165, 1.54) is 17.0 Å². The molecule has 9 heteroatoms. The minimum Gasteiger partial charge on any atom is -0.350 e. The second-order valence-corrected chi connectivity index (χ2v) is 13.2. The normalized spacial score (nSPS) is 12.5. The highest BCUT2D eigenvalue weighted by atomic mass is 79.9. The molecule has 0 aliphatic rings. The van der Waals surface area contributed by atoms with Gasteiger partial charge in [-0.15, -0.1) is 0 Å². The van der Waals surface area contributed by atoms with Gasteiger partial charge < -0.3 is 10.2 Å². The number of rotatable bonds is 10. The topological polar surface area (TPSA) is 86.8 Å². The summed E-state index contributed by atoms with van der Waals surface area (Å²) in [6.45, 7) is 8.93. The fraction of sp³-hybridized carbons (Fsp3) is 0.333. The van der Waals surface area contributed by atoms with E-state index in [1.54, 1.807) is 37.3 Å². The molecule has 208 valence electrons. The summed E-state index contributed by atoms with van der Waals surface area (Å²) in [6.07, 6.45) is 0.797. The van der Waals surface area contributed by atoms with Crippen molar-refractivity contribution in [2.75, 3.05) is 10.8 Å². The summed E-state index contributed by atoms with van der Waals surface area (Å²) in [5.74, 6) is -0.818. The van der Waals surface area contributed by atoms with Crippen LogP contribution >= 0.6 is 15.9 Å². The second-order valence-electron chi connectivity index (χ2n) is 10.4. The number of carbonyl (C=O) groups is 2. The van der Waals surface area contributed by atoms with E-state index in [1.807, 2.05) is 64.1 Å². The van der Waals surface area contributed by atoms with Crippen LogP contribution in [0.4, 0.5) is 5.69 Å². The Balaban J connectivity index is 2.03. The number of hydrogen-bond acceptors (Lipinski definition) is 4. The van der Waals surface area contributed by atoms with Crippen molar-refractivity contribution in [3.8, 4) is 0 Å². The molecule has 3 rings (SSSR count). The number of nitrogens with zero attached hydrogens (tertiary/aromatic N) is 2. The van der Waals surface area contributed by atoms with Crippen LogP contribution in [0, 0.1) is 0 Å². The number of amides is 2. The fourth-order valence-corrected chi connectivity index (χ4v) is 5.92. The number of aryl methyl sites for hydroxylation is 1. The van der Waals surface area contributed by atoms with Crippen LogP contribution in [0.3, 0.4) is 0 Å². The molecule has 1 N–H and O–H groups in total. The zero-order valence-electron chi connectivity index (χ0n) is 23.0. The average Bonchev–Trinajstić information content (AvgIpc) is 2.89. The maximum atomic E-state index is 14.0. The minimum atomic E-state index is -4.08. The van der Waals surface area contributed by atoms with E-state index in [-0.39, 0.29) is 17.3 Å². The molecule has 0 aliphatic heterocycles. The number of anilines is 1. The van der Waals surface area contributed by atoms with Crippen LogP contribution < -0.4 is 9.62 Å². The lowest BCUT2D eigenvalue weighted by molar-refractivity contribution is -0.140. The van der Waals surface area contributed by atoms with E-state index in [0.717, 1.165) is 26.3 Å². The van der Waals surface area contributed by atoms with Gasteiger partial charge in [0.1, 0.15) is 12.6 Å². The first-order valence-corrected chi connectivity index (χ1v) is 15.1. The summed E-state index contributed by atoms with van der Waals surface area (Å²) in [5.41, 5.74) is 1.72. The highest BCUT2D eigenvalue weighted by Crippen LogP contribution is 2.25. The Morgan fingerprint density at radius 2 is 1.56 bits per heavy atom. The van der Waals surface area contributed by atoms with Gasteiger partial charge in [-0.1, -0.05) is 65.3 Å². The molecule has 0 unspecified atom stereocenters. The highest BCUT2D eigenvalue weighted by Gasteiger charge is 2.33. The molecule has 2 amide bonds. The van der Waals surface area contributed by atoms with Gasteiger partial charge in [0.2, 0.25) is 11.8 Å².